The van der Waals surface area contributed by atoms with Crippen molar-refractivity contribution in [3.8, 4) is 0 Å². The zero-order valence-electron chi connectivity index (χ0n) is 25.7. The first-order chi connectivity index (χ1) is 20.9. The van der Waals surface area contributed by atoms with Crippen LogP contribution in [0.2, 0.25) is 0 Å². The number of nitrogens with zero attached hydrogens (tertiary/aromatic N) is 2. The van der Waals surface area contributed by atoms with Crippen molar-refractivity contribution in [3.05, 3.63) is 59.0 Å². The number of pyridine rings is 1. The van der Waals surface area contributed by atoms with Gasteiger partial charge in [0.2, 0.25) is 5.91 Å². The van der Waals surface area contributed by atoms with Crippen LogP contribution in [0.4, 0.5) is 19.8 Å². The van der Waals surface area contributed by atoms with Crippen molar-refractivity contribution in [1.29, 1.82) is 0 Å². The van der Waals surface area contributed by atoms with Gasteiger partial charge in [-0.2, -0.15) is 0 Å². The fourth-order valence-corrected chi connectivity index (χ4v) is 5.24. The van der Waals surface area contributed by atoms with Crippen LogP contribution in [0.15, 0.2) is 36.4 Å². The number of carbonyl (C=O) groups excluding carboxylic acids is 4. The number of nitrogens with one attached hydrogen (secondary N) is 2. The Hall–Kier alpha value is -4.22. The fourth-order valence-electron chi connectivity index (χ4n) is 5.24. The van der Waals surface area contributed by atoms with Crippen molar-refractivity contribution in [1.82, 2.24) is 15.6 Å². The summed E-state index contributed by atoms with van der Waals surface area (Å²) in [6, 6.07) is 8.46. The normalized spacial score (nSPS) is 18.2. The first-order valence-electron chi connectivity index (χ1n) is 15.0. The van der Waals surface area contributed by atoms with Crippen LogP contribution in [-0.4, -0.2) is 60.4 Å². The van der Waals surface area contributed by atoms with E-state index in [2.05, 4.69) is 10.6 Å². The molecular formula is C32H41FN4O7. The number of halogens is 1. The average molecular weight is 613 g/mol. The number of esters is 1. The molecule has 2 N–H and O–H groups in total. The molecule has 238 valence electrons. The summed E-state index contributed by atoms with van der Waals surface area (Å²) in [5.41, 5.74) is 1.71. The number of hydrogen-bond donors (Lipinski definition) is 2. The minimum absolute atomic E-state index is 0.0971. The van der Waals surface area contributed by atoms with Gasteiger partial charge in [-0.15, -0.1) is 0 Å². The highest BCUT2D eigenvalue weighted by molar-refractivity contribution is 5.88. The second-order valence-corrected chi connectivity index (χ2v) is 12.2. The molecule has 44 heavy (non-hydrogen) atoms. The van der Waals surface area contributed by atoms with Crippen molar-refractivity contribution in [2.45, 2.75) is 78.0 Å². The van der Waals surface area contributed by atoms with E-state index < -0.39 is 35.6 Å². The Morgan fingerprint density at radius 2 is 1.89 bits per heavy atom. The van der Waals surface area contributed by atoms with Gasteiger partial charge >= 0.3 is 18.2 Å². The van der Waals surface area contributed by atoms with Gasteiger partial charge in [-0.25, -0.2) is 23.8 Å². The van der Waals surface area contributed by atoms with Crippen LogP contribution >= 0.6 is 0 Å². The molecule has 1 saturated carbocycles. The molecule has 0 radical (unpaired) electrons. The van der Waals surface area contributed by atoms with Gasteiger partial charge in [0.15, 0.2) is 0 Å². The van der Waals surface area contributed by atoms with Gasteiger partial charge in [0, 0.05) is 24.7 Å². The maximum atomic E-state index is 13.4. The van der Waals surface area contributed by atoms with Crippen LogP contribution in [0.1, 0.15) is 63.8 Å². The van der Waals surface area contributed by atoms with Crippen LogP contribution in [0.25, 0.3) is 0 Å². The van der Waals surface area contributed by atoms with E-state index in [9.17, 15) is 23.6 Å². The molecular weight excluding hydrogens is 571 g/mol. The van der Waals surface area contributed by atoms with Gasteiger partial charge in [0.25, 0.3) is 0 Å². The predicted octanol–water partition coefficient (Wildman–Crippen LogP) is 4.45. The van der Waals surface area contributed by atoms with Crippen LogP contribution < -0.4 is 15.5 Å². The molecule has 12 heteroatoms. The van der Waals surface area contributed by atoms with E-state index >= 15 is 0 Å². The Balaban J connectivity index is 1.26. The highest BCUT2D eigenvalue weighted by Gasteiger charge is 2.36. The molecule has 1 aliphatic carbocycles. The quantitative estimate of drug-likeness (QED) is 0.297. The minimum Gasteiger partial charge on any atom is -0.464 e. The van der Waals surface area contributed by atoms with Gasteiger partial charge in [0.1, 0.15) is 29.9 Å². The first kappa shape index (κ1) is 32.7. The van der Waals surface area contributed by atoms with Crippen LogP contribution in [-0.2, 0) is 43.2 Å². The Bertz CT molecular complexity index is 1360. The molecule has 1 fully saturated rings. The third-order valence-electron chi connectivity index (χ3n) is 7.42. The number of aryl methyl sites for hydroxylation is 1. The average Bonchev–Trinajstić information content (AvgIpc) is 2.94. The Morgan fingerprint density at radius 1 is 1.11 bits per heavy atom. The number of alkyl carbamates (subject to hydrolysis) is 1. The SMILES string of the molecule is CCOC(=O)C(CNC(=O)[C@H]1C[C@@H](Cc2ccc3c(n2)N(C(=O)OC(C)(C)C)CCC3)C1)NC(=O)OCc1cccc(F)c1. The van der Waals surface area contributed by atoms with Crippen molar-refractivity contribution in [3.63, 3.8) is 0 Å². The van der Waals surface area contributed by atoms with Crippen molar-refractivity contribution >= 4 is 29.9 Å². The van der Waals surface area contributed by atoms with Gasteiger partial charge in [-0.1, -0.05) is 18.2 Å². The van der Waals surface area contributed by atoms with E-state index in [0.29, 0.717) is 37.2 Å². The van der Waals surface area contributed by atoms with Gasteiger partial charge < -0.3 is 24.8 Å². The van der Waals surface area contributed by atoms with E-state index in [0.717, 1.165) is 24.1 Å². The molecule has 1 unspecified atom stereocenters. The lowest BCUT2D eigenvalue weighted by atomic mass is 9.72. The number of rotatable bonds is 10. The van der Waals surface area contributed by atoms with Gasteiger partial charge in [0.05, 0.1) is 6.61 Å². The largest absolute Gasteiger partial charge is 0.464 e. The summed E-state index contributed by atoms with van der Waals surface area (Å²) in [5.74, 6) is -0.740. The monoisotopic (exact) mass is 612 g/mol. The molecule has 2 aliphatic rings. The number of carbonyl (C=O) groups is 4. The van der Waals surface area contributed by atoms with E-state index in [-0.39, 0.29) is 37.5 Å². The lowest BCUT2D eigenvalue weighted by Gasteiger charge is -2.35. The highest BCUT2D eigenvalue weighted by atomic mass is 19.1. The summed E-state index contributed by atoms with van der Waals surface area (Å²) >= 11 is 0. The standard InChI is InChI=1S/C32H41FN4O7/c1-5-42-29(39)26(36-30(40)43-19-20-8-6-10-24(33)16-20)18-34-28(38)23-14-21(15-23)17-25-12-11-22-9-7-13-37(27(22)35-25)31(41)44-32(2,3)4/h6,8,10-12,16,21,23,26H,5,7,9,13-15,17-19H2,1-4H3,(H,34,38)(H,36,40)/t21-,23+,26?. The van der Waals surface area contributed by atoms with Crippen molar-refractivity contribution in [2.75, 3.05) is 24.6 Å². The zero-order chi connectivity index (χ0) is 31.9. The number of aromatic nitrogens is 1. The maximum Gasteiger partial charge on any atom is 0.416 e. The van der Waals surface area contributed by atoms with Crippen LogP contribution in [0, 0.1) is 17.7 Å². The summed E-state index contributed by atoms with van der Waals surface area (Å²) in [4.78, 5) is 56.8. The Morgan fingerprint density at radius 3 is 2.59 bits per heavy atom. The number of hydrogen-bond acceptors (Lipinski definition) is 8. The Kier molecular flexibility index (Phi) is 10.8. The first-order valence-corrected chi connectivity index (χ1v) is 15.0. The van der Waals surface area contributed by atoms with Gasteiger partial charge in [-0.05, 0) is 95.0 Å². The Labute approximate surface area is 256 Å². The molecule has 0 spiro atoms. The van der Waals surface area contributed by atoms with E-state index in [1.807, 2.05) is 32.9 Å². The molecule has 4 rings (SSSR count). The molecule has 1 aliphatic heterocycles. The second kappa shape index (κ2) is 14.5. The number of benzene rings is 1. The second-order valence-electron chi connectivity index (χ2n) is 12.2. The lowest BCUT2D eigenvalue weighted by Crippen LogP contribution is -2.51. The van der Waals surface area contributed by atoms with Crippen LogP contribution in [0.3, 0.4) is 0 Å². The number of anilines is 1. The van der Waals surface area contributed by atoms with Crippen molar-refractivity contribution in [2.24, 2.45) is 11.8 Å². The predicted molar refractivity (Wildman–Crippen MR) is 159 cm³/mol. The van der Waals surface area contributed by atoms with E-state index in [1.165, 1.54) is 18.2 Å². The highest BCUT2D eigenvalue weighted by Crippen LogP contribution is 2.37. The molecule has 1 atom stereocenters. The number of fused-ring (bicyclic) bond motifs is 1. The topological polar surface area (TPSA) is 136 Å². The molecule has 11 nitrogen and oxygen atoms in total. The molecule has 0 bridgehead atoms. The summed E-state index contributed by atoms with van der Waals surface area (Å²) in [6.45, 7) is 7.44. The lowest BCUT2D eigenvalue weighted by molar-refractivity contribution is -0.145. The molecule has 3 amide bonds. The van der Waals surface area contributed by atoms with E-state index in [1.54, 1.807) is 17.9 Å². The number of ether oxygens (including phenoxy) is 3. The molecule has 0 saturated heterocycles. The van der Waals surface area contributed by atoms with Gasteiger partial charge in [-0.3, -0.25) is 9.69 Å². The third-order valence-corrected chi connectivity index (χ3v) is 7.42. The molecule has 2 aromatic rings. The van der Waals surface area contributed by atoms with Crippen molar-refractivity contribution < 1.29 is 37.8 Å². The van der Waals surface area contributed by atoms with E-state index in [4.69, 9.17) is 19.2 Å². The smallest absolute Gasteiger partial charge is 0.416 e. The summed E-state index contributed by atoms with van der Waals surface area (Å²) < 4.78 is 29.1. The molecule has 2 heterocycles. The summed E-state index contributed by atoms with van der Waals surface area (Å²) in [7, 11) is 0. The molecule has 1 aromatic carbocycles. The summed E-state index contributed by atoms with van der Waals surface area (Å²) in [6.07, 6.45) is 2.35. The summed E-state index contributed by atoms with van der Waals surface area (Å²) in [5, 5.41) is 5.16. The van der Waals surface area contributed by atoms with Crippen LogP contribution in [0.5, 0.6) is 0 Å². The maximum absolute atomic E-state index is 13.4. The minimum atomic E-state index is -1.15. The number of amides is 3. The fraction of sp³-hybridized carbons (Fsp3) is 0.531. The third kappa shape index (κ3) is 9.14. The zero-order valence-corrected chi connectivity index (χ0v) is 25.7. The molecule has 1 aromatic heterocycles.